The fraction of sp³-hybridized carbons (Fsp3) is 0.565. The second-order valence-electron chi connectivity index (χ2n) is 9.77. The third-order valence-corrected chi connectivity index (χ3v) is 7.20. The second kappa shape index (κ2) is 8.74. The molecule has 2 rings (SSSR count). The minimum absolute atomic E-state index is 0.117. The maximum absolute atomic E-state index is 13.2. The summed E-state index contributed by atoms with van der Waals surface area (Å²) in [4.78, 5) is 13.3. The van der Waals surface area contributed by atoms with Crippen molar-refractivity contribution in [2.45, 2.75) is 78.2 Å². The summed E-state index contributed by atoms with van der Waals surface area (Å²) in [6.07, 6.45) is 0. The lowest BCUT2D eigenvalue weighted by Gasteiger charge is -2.23. The van der Waals surface area contributed by atoms with Gasteiger partial charge in [-0.25, -0.2) is 13.1 Å². The predicted octanol–water partition coefficient (Wildman–Crippen LogP) is 4.53. The predicted molar refractivity (Wildman–Crippen MR) is 125 cm³/mol. The van der Waals surface area contributed by atoms with Crippen LogP contribution in [0.5, 0.6) is 0 Å². The van der Waals surface area contributed by atoms with Gasteiger partial charge in [0, 0.05) is 30.1 Å². The van der Waals surface area contributed by atoms with Crippen LogP contribution in [-0.2, 0) is 21.0 Å². The molecule has 0 fully saturated rings. The number of nitrogens with one attached hydrogen (secondary N) is 1. The number of aromatic nitrogens is 2. The van der Waals surface area contributed by atoms with Gasteiger partial charge >= 0.3 is 0 Å². The summed E-state index contributed by atoms with van der Waals surface area (Å²) in [6, 6.07) is 6.57. The van der Waals surface area contributed by atoms with Gasteiger partial charge in [-0.15, -0.1) is 0 Å². The molecule has 172 valence electrons. The van der Waals surface area contributed by atoms with E-state index in [0.29, 0.717) is 30.0 Å². The number of benzene rings is 1. The molecule has 1 aromatic carbocycles. The van der Waals surface area contributed by atoms with Gasteiger partial charge in [0.1, 0.15) is 5.82 Å². The molecular weight excluding hydrogens is 412 g/mol. The first-order valence-corrected chi connectivity index (χ1v) is 12.1. The zero-order valence-electron chi connectivity index (χ0n) is 20.2. The summed E-state index contributed by atoms with van der Waals surface area (Å²) in [5.41, 5.74) is 1.38. The molecule has 31 heavy (non-hydrogen) atoms. The molecule has 0 aliphatic carbocycles. The molecule has 0 atom stereocenters. The molecule has 0 aliphatic heterocycles. The van der Waals surface area contributed by atoms with Crippen LogP contribution in [0.15, 0.2) is 29.2 Å². The first kappa shape index (κ1) is 25.1. The fourth-order valence-corrected chi connectivity index (χ4v) is 4.74. The lowest BCUT2D eigenvalue weighted by molar-refractivity contribution is 0.102. The summed E-state index contributed by atoms with van der Waals surface area (Å²) < 4.78 is 29.0. The van der Waals surface area contributed by atoms with Crippen LogP contribution in [-0.4, -0.2) is 41.5 Å². The zero-order valence-corrected chi connectivity index (χ0v) is 21.0. The van der Waals surface area contributed by atoms with Crippen LogP contribution >= 0.6 is 0 Å². The molecule has 1 amide bonds. The maximum Gasteiger partial charge on any atom is 0.257 e. The molecule has 1 heterocycles. The first-order valence-electron chi connectivity index (χ1n) is 10.7. The highest BCUT2D eigenvalue weighted by Gasteiger charge is 2.27. The molecule has 0 radical (unpaired) electrons. The van der Waals surface area contributed by atoms with Crippen molar-refractivity contribution >= 4 is 21.7 Å². The number of sulfonamides is 1. The van der Waals surface area contributed by atoms with Crippen LogP contribution in [0.3, 0.4) is 0 Å². The molecule has 1 aromatic heterocycles. The Morgan fingerprint density at radius 1 is 1.06 bits per heavy atom. The lowest BCUT2D eigenvalue weighted by Crippen LogP contribution is -2.31. The Labute approximate surface area is 186 Å². The molecule has 8 heteroatoms. The highest BCUT2D eigenvalue weighted by molar-refractivity contribution is 7.89. The van der Waals surface area contributed by atoms with E-state index < -0.39 is 10.0 Å². The number of carbonyl (C=O) groups is 1. The van der Waals surface area contributed by atoms with Crippen LogP contribution in [0.4, 0.5) is 5.82 Å². The van der Waals surface area contributed by atoms with Crippen molar-refractivity contribution in [2.24, 2.45) is 0 Å². The van der Waals surface area contributed by atoms with Crippen LogP contribution in [0.1, 0.15) is 77.0 Å². The molecule has 0 bridgehead atoms. The third-order valence-electron chi connectivity index (χ3n) is 5.15. The van der Waals surface area contributed by atoms with Gasteiger partial charge in [-0.2, -0.15) is 9.40 Å². The minimum atomic E-state index is -3.66. The summed E-state index contributed by atoms with van der Waals surface area (Å²) in [5.74, 6) is 0.221. The number of hydrogen-bond acceptors (Lipinski definition) is 4. The van der Waals surface area contributed by atoms with Crippen molar-refractivity contribution in [3.05, 3.63) is 41.1 Å². The molecular formula is C23H36N4O3S. The minimum Gasteiger partial charge on any atom is -0.307 e. The van der Waals surface area contributed by atoms with E-state index in [4.69, 9.17) is 5.10 Å². The Kier molecular flexibility index (Phi) is 7.07. The van der Waals surface area contributed by atoms with Crippen molar-refractivity contribution in [1.29, 1.82) is 0 Å². The first-order chi connectivity index (χ1) is 14.1. The van der Waals surface area contributed by atoms with Gasteiger partial charge in [0.25, 0.3) is 5.91 Å². The van der Waals surface area contributed by atoms with E-state index in [1.807, 2.05) is 26.8 Å². The fourth-order valence-electron chi connectivity index (χ4n) is 3.25. The van der Waals surface area contributed by atoms with Gasteiger partial charge < -0.3 is 5.32 Å². The lowest BCUT2D eigenvalue weighted by atomic mass is 9.92. The van der Waals surface area contributed by atoms with Crippen LogP contribution < -0.4 is 5.32 Å². The number of anilines is 1. The molecule has 0 unspecified atom stereocenters. The van der Waals surface area contributed by atoms with E-state index in [0.717, 1.165) is 5.69 Å². The van der Waals surface area contributed by atoms with Gasteiger partial charge in [-0.1, -0.05) is 40.7 Å². The molecule has 1 N–H and O–H groups in total. The zero-order chi connectivity index (χ0) is 23.8. The van der Waals surface area contributed by atoms with Crippen molar-refractivity contribution in [3.63, 3.8) is 0 Å². The number of nitrogens with zero attached hydrogens (tertiary/aromatic N) is 3. The SMILES string of the molecule is CCN(CC)S(=O)(=O)c1ccc(C)c(C(=O)Nc2cc(C(C)(C)C)nn2C(C)(C)C)c1. The van der Waals surface area contributed by atoms with E-state index in [1.54, 1.807) is 37.6 Å². The summed E-state index contributed by atoms with van der Waals surface area (Å²) in [7, 11) is -3.66. The normalized spacial score (nSPS) is 13.0. The highest BCUT2D eigenvalue weighted by Crippen LogP contribution is 2.29. The number of rotatable bonds is 6. The topological polar surface area (TPSA) is 84.3 Å². The van der Waals surface area contributed by atoms with E-state index in [2.05, 4.69) is 26.1 Å². The van der Waals surface area contributed by atoms with Crippen molar-refractivity contribution in [3.8, 4) is 0 Å². The molecule has 7 nitrogen and oxygen atoms in total. The van der Waals surface area contributed by atoms with Crippen LogP contribution in [0.25, 0.3) is 0 Å². The van der Waals surface area contributed by atoms with Gasteiger partial charge in [0.05, 0.1) is 16.1 Å². The van der Waals surface area contributed by atoms with Gasteiger partial charge in [-0.05, 0) is 45.4 Å². The quantitative estimate of drug-likeness (QED) is 0.704. The Hall–Kier alpha value is -2.19. The summed E-state index contributed by atoms with van der Waals surface area (Å²) in [5, 5.41) is 7.68. The second-order valence-corrected chi connectivity index (χ2v) is 11.7. The molecule has 0 saturated carbocycles. The molecule has 2 aromatic rings. The van der Waals surface area contributed by atoms with E-state index >= 15 is 0 Å². The number of amides is 1. The van der Waals surface area contributed by atoms with Gasteiger partial charge in [0.15, 0.2) is 0 Å². The largest absolute Gasteiger partial charge is 0.307 e. The standard InChI is InChI=1S/C23H36N4O3S/c1-10-26(11-2)31(29,30)17-13-12-16(3)18(14-17)21(28)24-20-15-19(22(4,5)6)25-27(20)23(7,8)9/h12-15H,10-11H2,1-9H3,(H,24,28). The molecule has 0 aliphatic rings. The average Bonchev–Trinajstić information content (AvgIpc) is 3.07. The Bertz CT molecular complexity index is 1050. The third kappa shape index (κ3) is 5.36. The Morgan fingerprint density at radius 3 is 2.13 bits per heavy atom. The van der Waals surface area contributed by atoms with Crippen LogP contribution in [0.2, 0.25) is 0 Å². The number of hydrogen-bond donors (Lipinski definition) is 1. The monoisotopic (exact) mass is 448 g/mol. The number of carbonyl (C=O) groups excluding carboxylic acids is 1. The molecule has 0 saturated heterocycles. The van der Waals surface area contributed by atoms with Crippen molar-refractivity contribution < 1.29 is 13.2 Å². The van der Waals surface area contributed by atoms with Crippen molar-refractivity contribution in [2.75, 3.05) is 18.4 Å². The van der Waals surface area contributed by atoms with E-state index in [-0.39, 0.29) is 21.8 Å². The Balaban J connectivity index is 2.49. The summed E-state index contributed by atoms with van der Waals surface area (Å²) in [6.45, 7) is 18.4. The number of aryl methyl sites for hydroxylation is 1. The average molecular weight is 449 g/mol. The van der Waals surface area contributed by atoms with Gasteiger partial charge in [0.2, 0.25) is 10.0 Å². The van der Waals surface area contributed by atoms with E-state index in [1.165, 1.54) is 10.4 Å². The Morgan fingerprint density at radius 2 is 1.65 bits per heavy atom. The smallest absolute Gasteiger partial charge is 0.257 e. The summed E-state index contributed by atoms with van der Waals surface area (Å²) >= 11 is 0. The van der Waals surface area contributed by atoms with Gasteiger partial charge in [-0.3, -0.25) is 4.79 Å². The van der Waals surface area contributed by atoms with Crippen LogP contribution in [0, 0.1) is 6.92 Å². The highest BCUT2D eigenvalue weighted by atomic mass is 32.2. The maximum atomic E-state index is 13.2. The van der Waals surface area contributed by atoms with E-state index in [9.17, 15) is 13.2 Å². The molecule has 0 spiro atoms. The van der Waals surface area contributed by atoms with Crippen molar-refractivity contribution in [1.82, 2.24) is 14.1 Å².